The van der Waals surface area contributed by atoms with Crippen molar-refractivity contribution in [3.63, 3.8) is 0 Å². The summed E-state index contributed by atoms with van der Waals surface area (Å²) in [5, 5.41) is 4.72. The van der Waals surface area contributed by atoms with Crippen molar-refractivity contribution in [3.05, 3.63) is 72.3 Å². The molecular weight excluding hydrogens is 262 g/mol. The zero-order chi connectivity index (χ0) is 14.7. The molecule has 0 aromatic heterocycles. The van der Waals surface area contributed by atoms with Crippen LogP contribution in [0.15, 0.2) is 66.7 Å². The average molecular weight is 277 g/mol. The molecule has 0 aliphatic heterocycles. The maximum atomic E-state index is 12.5. The number of hydrogen-bond donors (Lipinski definition) is 1. The Morgan fingerprint density at radius 3 is 2.33 bits per heavy atom. The number of benzene rings is 3. The Kier molecular flexibility index (Phi) is 3.56. The van der Waals surface area contributed by atoms with Gasteiger partial charge in [-0.3, -0.25) is 4.79 Å². The number of anilines is 1. The van der Waals surface area contributed by atoms with Gasteiger partial charge in [-0.1, -0.05) is 42.5 Å². The van der Waals surface area contributed by atoms with Gasteiger partial charge in [-0.05, 0) is 29.7 Å². The Hall–Kier alpha value is -2.81. The number of para-hydroxylation sites is 1. The van der Waals surface area contributed by atoms with Crippen LogP contribution in [0.5, 0.6) is 5.75 Å². The van der Waals surface area contributed by atoms with E-state index in [4.69, 9.17) is 4.74 Å². The van der Waals surface area contributed by atoms with Crippen LogP contribution >= 0.6 is 0 Å². The van der Waals surface area contributed by atoms with E-state index < -0.39 is 0 Å². The highest BCUT2D eigenvalue weighted by molar-refractivity contribution is 6.14. The van der Waals surface area contributed by atoms with Crippen LogP contribution in [0.4, 0.5) is 5.69 Å². The largest absolute Gasteiger partial charge is 0.496 e. The van der Waals surface area contributed by atoms with E-state index in [1.165, 1.54) is 0 Å². The summed E-state index contributed by atoms with van der Waals surface area (Å²) in [6.07, 6.45) is 0. The predicted molar refractivity (Wildman–Crippen MR) is 84.9 cm³/mol. The first-order chi connectivity index (χ1) is 10.3. The zero-order valence-corrected chi connectivity index (χ0v) is 11.7. The monoisotopic (exact) mass is 277 g/mol. The number of amides is 1. The summed E-state index contributed by atoms with van der Waals surface area (Å²) in [7, 11) is 1.61. The average Bonchev–Trinajstić information content (AvgIpc) is 2.54. The smallest absolute Gasteiger partial charge is 0.256 e. The van der Waals surface area contributed by atoms with E-state index in [-0.39, 0.29) is 5.91 Å². The maximum Gasteiger partial charge on any atom is 0.256 e. The molecule has 0 aliphatic rings. The summed E-state index contributed by atoms with van der Waals surface area (Å²) in [4.78, 5) is 12.5. The first-order valence-electron chi connectivity index (χ1n) is 6.72. The third-order valence-corrected chi connectivity index (χ3v) is 3.36. The highest BCUT2D eigenvalue weighted by atomic mass is 16.5. The molecule has 3 aromatic carbocycles. The van der Waals surface area contributed by atoms with Gasteiger partial charge in [0.1, 0.15) is 5.75 Å². The van der Waals surface area contributed by atoms with Crippen LogP contribution in [0.3, 0.4) is 0 Å². The fourth-order valence-electron chi connectivity index (χ4n) is 2.39. The summed E-state index contributed by atoms with van der Waals surface area (Å²) in [5.74, 6) is 0.558. The van der Waals surface area contributed by atoms with Gasteiger partial charge in [0.05, 0.1) is 12.7 Å². The van der Waals surface area contributed by atoms with Gasteiger partial charge in [0.25, 0.3) is 5.91 Å². The maximum absolute atomic E-state index is 12.5. The molecule has 0 spiro atoms. The topological polar surface area (TPSA) is 38.3 Å². The van der Waals surface area contributed by atoms with E-state index in [0.717, 1.165) is 16.5 Å². The van der Waals surface area contributed by atoms with Crippen molar-refractivity contribution >= 4 is 22.4 Å². The second kappa shape index (κ2) is 5.67. The van der Waals surface area contributed by atoms with Gasteiger partial charge in [0.2, 0.25) is 0 Å². The molecule has 1 N–H and O–H groups in total. The number of ether oxygens (including phenoxy) is 1. The fourth-order valence-corrected chi connectivity index (χ4v) is 2.39. The molecule has 3 aromatic rings. The van der Waals surface area contributed by atoms with Crippen LogP contribution in [-0.4, -0.2) is 13.0 Å². The molecule has 3 nitrogen and oxygen atoms in total. The minimum Gasteiger partial charge on any atom is -0.496 e. The third kappa shape index (κ3) is 2.58. The Balaban J connectivity index is 2.06. The number of rotatable bonds is 3. The molecule has 104 valence electrons. The number of hydrogen-bond acceptors (Lipinski definition) is 2. The van der Waals surface area contributed by atoms with Crippen molar-refractivity contribution in [3.8, 4) is 5.75 Å². The van der Waals surface area contributed by atoms with Crippen molar-refractivity contribution in [2.45, 2.75) is 0 Å². The normalized spacial score (nSPS) is 10.3. The number of nitrogens with one attached hydrogen (secondary N) is 1. The summed E-state index contributed by atoms with van der Waals surface area (Å²) in [5.41, 5.74) is 1.38. The predicted octanol–water partition coefficient (Wildman–Crippen LogP) is 4.10. The van der Waals surface area contributed by atoms with E-state index >= 15 is 0 Å². The van der Waals surface area contributed by atoms with Crippen LogP contribution in [0.2, 0.25) is 0 Å². The molecule has 0 radical (unpaired) electrons. The lowest BCUT2D eigenvalue weighted by atomic mass is 10.0. The van der Waals surface area contributed by atoms with Gasteiger partial charge in [-0.15, -0.1) is 0 Å². The van der Waals surface area contributed by atoms with Crippen molar-refractivity contribution in [2.24, 2.45) is 0 Å². The molecule has 0 bridgehead atoms. The van der Waals surface area contributed by atoms with Gasteiger partial charge >= 0.3 is 0 Å². The highest BCUT2D eigenvalue weighted by Gasteiger charge is 2.13. The van der Waals surface area contributed by atoms with Gasteiger partial charge in [-0.2, -0.15) is 0 Å². The summed E-state index contributed by atoms with van der Waals surface area (Å²) in [6.45, 7) is 0. The minimum absolute atomic E-state index is 0.142. The molecule has 3 heteroatoms. The number of methoxy groups -OCH3 is 1. The molecule has 0 atom stereocenters. The lowest BCUT2D eigenvalue weighted by Gasteiger charge is -2.11. The van der Waals surface area contributed by atoms with Crippen LogP contribution < -0.4 is 10.1 Å². The van der Waals surface area contributed by atoms with Crippen molar-refractivity contribution in [2.75, 3.05) is 12.4 Å². The van der Waals surface area contributed by atoms with E-state index in [1.807, 2.05) is 66.7 Å². The second-order valence-corrected chi connectivity index (χ2v) is 4.68. The number of carbonyl (C=O) groups excluding carboxylic acids is 1. The molecular formula is C18H15NO2. The van der Waals surface area contributed by atoms with Gasteiger partial charge < -0.3 is 10.1 Å². The van der Waals surface area contributed by atoms with E-state index in [2.05, 4.69) is 5.32 Å². The van der Waals surface area contributed by atoms with E-state index in [0.29, 0.717) is 11.3 Å². The molecule has 0 fully saturated rings. The third-order valence-electron chi connectivity index (χ3n) is 3.36. The first-order valence-corrected chi connectivity index (χ1v) is 6.72. The zero-order valence-electron chi connectivity index (χ0n) is 11.7. The summed E-state index contributed by atoms with van der Waals surface area (Å²) >= 11 is 0. The number of fused-ring (bicyclic) bond motifs is 1. The summed E-state index contributed by atoms with van der Waals surface area (Å²) < 4.78 is 5.39. The minimum atomic E-state index is -0.142. The summed E-state index contributed by atoms with van der Waals surface area (Å²) in [6, 6.07) is 20.8. The standard InChI is InChI=1S/C18H15NO2/c1-21-16-12-6-8-13-7-5-11-15(17(13)16)18(20)19-14-9-3-2-4-10-14/h2-12H,1H3,(H,19,20). The molecule has 1 amide bonds. The molecule has 0 saturated heterocycles. The molecule has 0 aliphatic carbocycles. The first kappa shape index (κ1) is 13.2. The van der Waals surface area contributed by atoms with Crippen molar-refractivity contribution < 1.29 is 9.53 Å². The van der Waals surface area contributed by atoms with Gasteiger partial charge in [0, 0.05) is 11.1 Å². The van der Waals surface area contributed by atoms with E-state index in [9.17, 15) is 4.79 Å². The molecule has 3 rings (SSSR count). The fraction of sp³-hybridized carbons (Fsp3) is 0.0556. The lowest BCUT2D eigenvalue weighted by molar-refractivity contribution is 0.102. The Labute approximate surface area is 123 Å². The number of carbonyl (C=O) groups is 1. The lowest BCUT2D eigenvalue weighted by Crippen LogP contribution is -2.12. The van der Waals surface area contributed by atoms with Crippen molar-refractivity contribution in [1.82, 2.24) is 0 Å². The Bertz CT molecular complexity index is 776. The van der Waals surface area contributed by atoms with Crippen LogP contribution in [-0.2, 0) is 0 Å². The molecule has 21 heavy (non-hydrogen) atoms. The van der Waals surface area contributed by atoms with Crippen LogP contribution in [0.25, 0.3) is 10.8 Å². The van der Waals surface area contributed by atoms with Crippen LogP contribution in [0, 0.1) is 0 Å². The molecule has 0 heterocycles. The highest BCUT2D eigenvalue weighted by Crippen LogP contribution is 2.29. The molecule has 0 saturated carbocycles. The second-order valence-electron chi connectivity index (χ2n) is 4.68. The van der Waals surface area contributed by atoms with Crippen LogP contribution in [0.1, 0.15) is 10.4 Å². The van der Waals surface area contributed by atoms with Crippen molar-refractivity contribution in [1.29, 1.82) is 0 Å². The van der Waals surface area contributed by atoms with Gasteiger partial charge in [-0.25, -0.2) is 0 Å². The Morgan fingerprint density at radius 2 is 1.62 bits per heavy atom. The van der Waals surface area contributed by atoms with E-state index in [1.54, 1.807) is 7.11 Å². The quantitative estimate of drug-likeness (QED) is 0.782. The van der Waals surface area contributed by atoms with Gasteiger partial charge in [0.15, 0.2) is 0 Å². The molecule has 0 unspecified atom stereocenters. The Morgan fingerprint density at radius 1 is 0.905 bits per heavy atom. The SMILES string of the molecule is COc1cccc2cccc(C(=O)Nc3ccccc3)c12.